The number of rotatable bonds is 6. The fraction of sp³-hybridized carbons (Fsp3) is 0.304. The normalized spacial score (nSPS) is 14.0. The highest BCUT2D eigenvalue weighted by atomic mass is 35.5. The Labute approximate surface area is 180 Å². The average molecular weight is 426 g/mol. The summed E-state index contributed by atoms with van der Waals surface area (Å²) >= 11 is 6.27. The van der Waals surface area contributed by atoms with E-state index in [-0.39, 0.29) is 5.91 Å². The molecule has 0 unspecified atom stereocenters. The lowest BCUT2D eigenvalue weighted by molar-refractivity contribution is 0.0953. The van der Waals surface area contributed by atoms with Gasteiger partial charge in [-0.1, -0.05) is 47.1 Å². The van der Waals surface area contributed by atoms with Gasteiger partial charge < -0.3 is 19.5 Å². The number of anilines is 1. The molecule has 1 aromatic heterocycles. The van der Waals surface area contributed by atoms with Crippen molar-refractivity contribution >= 4 is 23.2 Å². The first-order valence-electron chi connectivity index (χ1n) is 10.0. The second kappa shape index (κ2) is 9.32. The number of halogens is 1. The molecule has 1 N–H and O–H groups in total. The quantitative estimate of drug-likeness (QED) is 0.643. The Bertz CT molecular complexity index is 1010. The number of aryl methyl sites for hydroxylation is 1. The third-order valence-corrected chi connectivity index (χ3v) is 5.56. The molecule has 0 saturated carbocycles. The molecule has 2 aromatic carbocycles. The van der Waals surface area contributed by atoms with Crippen molar-refractivity contribution in [1.82, 2.24) is 10.5 Å². The van der Waals surface area contributed by atoms with Gasteiger partial charge >= 0.3 is 0 Å². The van der Waals surface area contributed by atoms with E-state index in [1.165, 1.54) is 11.3 Å². The fourth-order valence-corrected chi connectivity index (χ4v) is 3.81. The van der Waals surface area contributed by atoms with Crippen molar-refractivity contribution in [2.45, 2.75) is 13.3 Å². The highest BCUT2D eigenvalue weighted by Crippen LogP contribution is 2.30. The zero-order valence-corrected chi connectivity index (χ0v) is 17.6. The van der Waals surface area contributed by atoms with Crippen LogP contribution < -0.4 is 10.2 Å². The molecule has 1 aliphatic heterocycles. The lowest BCUT2D eigenvalue weighted by Gasteiger charge is -2.28. The molecule has 1 fully saturated rings. The second-order valence-corrected chi connectivity index (χ2v) is 7.62. The number of amides is 1. The first kappa shape index (κ1) is 20.4. The highest BCUT2D eigenvalue weighted by molar-refractivity contribution is 6.33. The van der Waals surface area contributed by atoms with Crippen molar-refractivity contribution in [1.29, 1.82) is 0 Å². The van der Waals surface area contributed by atoms with Crippen LogP contribution in [-0.4, -0.2) is 43.9 Å². The number of carbonyl (C=O) groups excluding carboxylic acids is 1. The number of carbonyl (C=O) groups is 1. The van der Waals surface area contributed by atoms with E-state index in [1.807, 2.05) is 18.2 Å². The third kappa shape index (κ3) is 4.50. The number of ether oxygens (including phenoxy) is 1. The molecule has 1 amide bonds. The van der Waals surface area contributed by atoms with E-state index in [0.29, 0.717) is 34.1 Å². The van der Waals surface area contributed by atoms with E-state index in [9.17, 15) is 4.79 Å². The molecule has 0 bridgehead atoms. The van der Waals surface area contributed by atoms with E-state index in [1.54, 1.807) is 13.0 Å². The van der Waals surface area contributed by atoms with Gasteiger partial charge in [-0.15, -0.1) is 0 Å². The van der Waals surface area contributed by atoms with Gasteiger partial charge in [-0.25, -0.2) is 0 Å². The first-order valence-corrected chi connectivity index (χ1v) is 10.4. The largest absolute Gasteiger partial charge is 0.378 e. The molecule has 4 rings (SSSR count). The monoisotopic (exact) mass is 425 g/mol. The number of hydrogen-bond acceptors (Lipinski definition) is 5. The zero-order chi connectivity index (χ0) is 20.9. The minimum atomic E-state index is -0.214. The van der Waals surface area contributed by atoms with Crippen molar-refractivity contribution in [3.8, 4) is 11.3 Å². The van der Waals surface area contributed by atoms with Crippen LogP contribution >= 0.6 is 11.6 Å². The van der Waals surface area contributed by atoms with Gasteiger partial charge in [-0.05, 0) is 37.1 Å². The van der Waals surface area contributed by atoms with E-state index < -0.39 is 0 Å². The van der Waals surface area contributed by atoms with E-state index in [4.69, 9.17) is 20.9 Å². The summed E-state index contributed by atoms with van der Waals surface area (Å²) < 4.78 is 10.7. The molecule has 30 heavy (non-hydrogen) atoms. The van der Waals surface area contributed by atoms with Crippen molar-refractivity contribution in [3.63, 3.8) is 0 Å². The summed E-state index contributed by atoms with van der Waals surface area (Å²) in [6.07, 6.45) is 0.737. The minimum absolute atomic E-state index is 0.214. The number of nitrogens with one attached hydrogen (secondary N) is 1. The molecule has 0 spiro atoms. The maximum atomic E-state index is 12.8. The van der Waals surface area contributed by atoms with Crippen molar-refractivity contribution in [2.75, 3.05) is 37.7 Å². The van der Waals surface area contributed by atoms with Crippen LogP contribution in [0, 0.1) is 6.92 Å². The van der Waals surface area contributed by atoms with Crippen LogP contribution in [0.2, 0.25) is 5.02 Å². The topological polar surface area (TPSA) is 67.6 Å². The molecule has 0 aliphatic carbocycles. The highest BCUT2D eigenvalue weighted by Gasteiger charge is 2.22. The molecule has 3 aromatic rings. The standard InChI is InChI=1S/C23H24ClN3O3/c1-16-21(22(26-30-16)19-4-2-3-5-20(19)24)23(28)25-11-10-17-6-8-18(9-7-17)27-12-14-29-15-13-27/h2-9H,10-15H2,1H3,(H,25,28). The summed E-state index contributed by atoms with van der Waals surface area (Å²) in [4.78, 5) is 15.1. The number of aromatic nitrogens is 1. The lowest BCUT2D eigenvalue weighted by Crippen LogP contribution is -2.36. The van der Waals surface area contributed by atoms with Crippen LogP contribution in [0.3, 0.4) is 0 Å². The summed E-state index contributed by atoms with van der Waals surface area (Å²) in [6, 6.07) is 15.8. The Hall–Kier alpha value is -2.83. The van der Waals surface area contributed by atoms with Gasteiger partial charge in [0.25, 0.3) is 5.91 Å². The Morgan fingerprint density at radius 1 is 1.13 bits per heavy atom. The van der Waals surface area contributed by atoms with Gasteiger partial charge in [0.05, 0.1) is 18.2 Å². The molecule has 1 aliphatic rings. The average Bonchev–Trinajstić information content (AvgIpc) is 3.16. The Morgan fingerprint density at radius 3 is 2.60 bits per heavy atom. The van der Waals surface area contributed by atoms with Crippen LogP contribution in [0.15, 0.2) is 53.1 Å². The molecule has 7 heteroatoms. The summed E-state index contributed by atoms with van der Waals surface area (Å²) in [7, 11) is 0. The molecule has 156 valence electrons. The third-order valence-electron chi connectivity index (χ3n) is 5.23. The van der Waals surface area contributed by atoms with Crippen molar-refractivity contribution in [2.24, 2.45) is 0 Å². The summed E-state index contributed by atoms with van der Waals surface area (Å²) in [5.41, 5.74) is 3.94. The van der Waals surface area contributed by atoms with Crippen LogP contribution in [0.5, 0.6) is 0 Å². The number of hydrogen-bond donors (Lipinski definition) is 1. The van der Waals surface area contributed by atoms with Crippen LogP contribution in [-0.2, 0) is 11.2 Å². The smallest absolute Gasteiger partial charge is 0.257 e. The molecule has 0 radical (unpaired) electrons. The zero-order valence-electron chi connectivity index (χ0n) is 16.9. The van der Waals surface area contributed by atoms with Gasteiger partial charge in [-0.3, -0.25) is 4.79 Å². The van der Waals surface area contributed by atoms with E-state index in [0.717, 1.165) is 32.7 Å². The predicted molar refractivity (Wildman–Crippen MR) is 117 cm³/mol. The lowest BCUT2D eigenvalue weighted by atomic mass is 10.1. The maximum absolute atomic E-state index is 12.8. The van der Waals surface area contributed by atoms with E-state index >= 15 is 0 Å². The Balaban J connectivity index is 1.38. The number of benzene rings is 2. The van der Waals surface area contributed by atoms with Crippen LogP contribution in [0.1, 0.15) is 21.7 Å². The Kier molecular flexibility index (Phi) is 6.35. The molecule has 0 atom stereocenters. The van der Waals surface area contributed by atoms with Gasteiger partial charge in [0, 0.05) is 30.9 Å². The first-order chi connectivity index (χ1) is 14.6. The van der Waals surface area contributed by atoms with E-state index in [2.05, 4.69) is 39.6 Å². The van der Waals surface area contributed by atoms with Crippen molar-refractivity contribution in [3.05, 3.63) is 70.4 Å². The minimum Gasteiger partial charge on any atom is -0.378 e. The summed E-state index contributed by atoms with van der Waals surface area (Å²) in [5, 5.41) is 7.56. The van der Waals surface area contributed by atoms with Gasteiger partial charge in [0.2, 0.25) is 0 Å². The maximum Gasteiger partial charge on any atom is 0.257 e. The molecule has 6 nitrogen and oxygen atoms in total. The van der Waals surface area contributed by atoms with Gasteiger partial charge in [0.1, 0.15) is 17.0 Å². The number of nitrogens with zero attached hydrogens (tertiary/aromatic N) is 2. The van der Waals surface area contributed by atoms with Crippen LogP contribution in [0.25, 0.3) is 11.3 Å². The molecule has 2 heterocycles. The fourth-order valence-electron chi connectivity index (χ4n) is 3.58. The molecular weight excluding hydrogens is 402 g/mol. The Morgan fingerprint density at radius 2 is 1.87 bits per heavy atom. The molecule has 1 saturated heterocycles. The predicted octanol–water partition coefficient (Wildman–Crippen LogP) is 4.11. The van der Waals surface area contributed by atoms with Gasteiger partial charge in [-0.2, -0.15) is 0 Å². The number of morpholine rings is 1. The van der Waals surface area contributed by atoms with Crippen LogP contribution in [0.4, 0.5) is 5.69 Å². The SMILES string of the molecule is Cc1onc(-c2ccccc2Cl)c1C(=O)NCCc1ccc(N2CCOCC2)cc1. The van der Waals surface area contributed by atoms with Gasteiger partial charge in [0.15, 0.2) is 0 Å². The summed E-state index contributed by atoms with van der Waals surface area (Å²) in [5.74, 6) is 0.255. The second-order valence-electron chi connectivity index (χ2n) is 7.21. The summed E-state index contributed by atoms with van der Waals surface area (Å²) in [6.45, 7) is 5.62. The molecular formula is C23H24ClN3O3. The van der Waals surface area contributed by atoms with Crippen molar-refractivity contribution < 1.29 is 14.1 Å².